The number of methoxy groups -OCH3 is 1. The van der Waals surface area contributed by atoms with Crippen LogP contribution in [-0.2, 0) is 6.16 Å². The Morgan fingerprint density at radius 1 is 1.00 bits per heavy atom. The van der Waals surface area contributed by atoms with E-state index in [2.05, 4.69) is 24.3 Å². The zero-order valence-corrected chi connectivity index (χ0v) is 11.3. The summed E-state index contributed by atoms with van der Waals surface area (Å²) in [6, 6.07) is 18.3. The van der Waals surface area contributed by atoms with Crippen LogP contribution in [0.25, 0.3) is 0 Å². The fourth-order valence-corrected chi connectivity index (χ4v) is 3.53. The van der Waals surface area contributed by atoms with E-state index in [0.717, 1.165) is 11.9 Å². The van der Waals surface area contributed by atoms with Crippen molar-refractivity contribution >= 4 is 32.2 Å². The van der Waals surface area contributed by atoms with E-state index in [1.807, 2.05) is 30.3 Å². The summed E-state index contributed by atoms with van der Waals surface area (Å²) in [6.45, 7) is 0. The summed E-state index contributed by atoms with van der Waals surface area (Å²) in [7, 11) is 1.04. The summed E-state index contributed by atoms with van der Waals surface area (Å²) in [5.74, 6) is 0.882. The molecule has 4 heteroatoms. The van der Waals surface area contributed by atoms with Crippen molar-refractivity contribution in [3.63, 3.8) is 0 Å². The van der Waals surface area contributed by atoms with Crippen molar-refractivity contribution in [1.82, 2.24) is 0 Å². The number of benzene rings is 2. The van der Waals surface area contributed by atoms with Crippen LogP contribution in [0.1, 0.15) is 5.56 Å². The minimum Gasteiger partial charge on any atom is -0.497 e. The fourth-order valence-electron chi connectivity index (χ4n) is 1.57. The molecule has 0 radical (unpaired) electrons. The molecule has 0 aliphatic heterocycles. The molecule has 0 spiro atoms. The van der Waals surface area contributed by atoms with Crippen LogP contribution >= 0.6 is 18.5 Å². The van der Waals surface area contributed by atoms with Crippen molar-refractivity contribution in [2.75, 3.05) is 7.11 Å². The molecule has 18 heavy (non-hydrogen) atoms. The third-order valence-electron chi connectivity index (χ3n) is 2.52. The van der Waals surface area contributed by atoms with E-state index in [0.29, 0.717) is 0 Å². The number of hydrogen-bond donors (Lipinski definition) is 0. The first-order chi connectivity index (χ1) is 8.29. The zero-order valence-electron chi connectivity index (χ0n) is 9.64. The highest BCUT2D eigenvalue weighted by molar-refractivity contribution is 7.89. The first kappa shape index (κ1) is 15.1. The molecule has 0 N–H and O–H groups in total. The van der Waals surface area contributed by atoms with Gasteiger partial charge in [-0.25, -0.2) is 0 Å². The molecule has 0 amide bonds. The largest absolute Gasteiger partial charge is 0.497 e. The number of halogens is 1. The van der Waals surface area contributed by atoms with Gasteiger partial charge in [-0.05, 0) is 23.0 Å². The second-order valence-electron chi connectivity index (χ2n) is 3.70. The molecule has 0 fully saturated rings. The topological polar surface area (TPSA) is 9.23 Å². The van der Waals surface area contributed by atoms with Crippen molar-refractivity contribution in [3.8, 4) is 5.75 Å². The van der Waals surface area contributed by atoms with Gasteiger partial charge in [0.25, 0.3) is 0 Å². The summed E-state index contributed by atoms with van der Waals surface area (Å²) in [5, 5.41) is 1.22. The monoisotopic (exact) mass is 278 g/mol. The molecular weight excluding hydrogens is 261 g/mol. The number of hydrogen-bond acceptors (Lipinski definition) is 1. The number of ether oxygens (including phenoxy) is 1. The van der Waals surface area contributed by atoms with E-state index >= 15 is 0 Å². The van der Waals surface area contributed by atoms with E-state index in [9.17, 15) is 0 Å². The molecule has 0 aliphatic carbocycles. The average Bonchev–Trinajstić information content (AvgIpc) is 2.40. The highest BCUT2D eigenvalue weighted by Crippen LogP contribution is 2.43. The molecule has 0 aliphatic rings. The van der Waals surface area contributed by atoms with Crippen molar-refractivity contribution in [2.45, 2.75) is 6.16 Å². The predicted molar refractivity (Wildman–Crippen MR) is 85.5 cm³/mol. The Hall–Kier alpha value is -0.975. The quantitative estimate of drug-likeness (QED) is 0.617. The molecule has 2 aromatic carbocycles. The van der Waals surface area contributed by atoms with E-state index in [1.165, 1.54) is 10.9 Å². The van der Waals surface area contributed by atoms with Crippen LogP contribution in [0, 0.1) is 0 Å². The van der Waals surface area contributed by atoms with E-state index in [4.69, 9.17) is 16.0 Å². The van der Waals surface area contributed by atoms with Crippen molar-refractivity contribution < 1.29 is 4.74 Å². The molecule has 1 unspecified atom stereocenters. The molecule has 94 valence electrons. The summed E-state index contributed by atoms with van der Waals surface area (Å²) in [6.07, 6.45) is 0.894. The van der Waals surface area contributed by atoms with Gasteiger partial charge in [-0.1, -0.05) is 53.7 Å². The van der Waals surface area contributed by atoms with Crippen LogP contribution in [0.15, 0.2) is 54.6 Å². The Bertz CT molecular complexity index is 461. The lowest BCUT2D eigenvalue weighted by atomic mass is 10.2. The molecule has 2 rings (SSSR count). The van der Waals surface area contributed by atoms with Crippen LogP contribution < -0.4 is 10.0 Å². The zero-order chi connectivity index (χ0) is 12.1. The van der Waals surface area contributed by atoms with Gasteiger partial charge >= 0.3 is 0 Å². The van der Waals surface area contributed by atoms with Gasteiger partial charge in [0.15, 0.2) is 0 Å². The van der Waals surface area contributed by atoms with Gasteiger partial charge in [0.1, 0.15) is 5.75 Å². The Labute approximate surface area is 116 Å². The van der Waals surface area contributed by atoms with Crippen LogP contribution in [-0.4, -0.2) is 15.5 Å². The second kappa shape index (κ2) is 7.46. The average molecular weight is 279 g/mol. The van der Waals surface area contributed by atoms with Crippen LogP contribution in [0.2, 0.25) is 0 Å². The maximum atomic E-state index is 6.45. The minimum atomic E-state index is -0.634. The Kier molecular flexibility index (Phi) is 6.25. The molecule has 0 heterocycles. The predicted octanol–water partition coefficient (Wildman–Crippen LogP) is 2.97. The van der Waals surface area contributed by atoms with Crippen molar-refractivity contribution in [3.05, 3.63) is 60.2 Å². The lowest BCUT2D eigenvalue weighted by molar-refractivity contribution is 0.414. The van der Waals surface area contributed by atoms with Gasteiger partial charge in [-0.2, -0.15) is 0 Å². The van der Waals surface area contributed by atoms with E-state index in [1.54, 1.807) is 7.11 Å². The lowest BCUT2D eigenvalue weighted by Crippen LogP contribution is -1.97. The van der Waals surface area contributed by atoms with Gasteiger partial charge in [-0.15, -0.1) is 0 Å². The Morgan fingerprint density at radius 3 is 2.17 bits per heavy atom. The highest BCUT2D eigenvalue weighted by Gasteiger charge is 2.08. The van der Waals surface area contributed by atoms with Crippen LogP contribution in [0.4, 0.5) is 0 Å². The maximum Gasteiger partial charge on any atom is 0.118 e. The van der Waals surface area contributed by atoms with Gasteiger partial charge < -0.3 is 4.74 Å². The van der Waals surface area contributed by atoms with Crippen molar-refractivity contribution in [1.29, 1.82) is 0 Å². The van der Waals surface area contributed by atoms with Crippen LogP contribution in [0.5, 0.6) is 5.75 Å². The molecular formula is C14H17BClOP. The molecule has 1 nitrogen and oxygen atoms in total. The van der Waals surface area contributed by atoms with Crippen molar-refractivity contribution in [2.24, 2.45) is 0 Å². The van der Waals surface area contributed by atoms with Gasteiger partial charge in [-0.3, -0.25) is 0 Å². The van der Waals surface area contributed by atoms with Gasteiger partial charge in [0.2, 0.25) is 0 Å². The van der Waals surface area contributed by atoms with Gasteiger partial charge in [0.05, 0.1) is 15.5 Å². The third-order valence-corrected chi connectivity index (χ3v) is 4.96. The summed E-state index contributed by atoms with van der Waals surface area (Å²) >= 11 is 6.45. The molecule has 2 aromatic rings. The smallest absolute Gasteiger partial charge is 0.118 e. The highest BCUT2D eigenvalue weighted by atomic mass is 35.7. The number of rotatable bonds is 4. The lowest BCUT2D eigenvalue weighted by Gasteiger charge is -2.10. The molecule has 0 aromatic heterocycles. The normalized spacial score (nSPS) is 11.4. The summed E-state index contributed by atoms with van der Waals surface area (Å²) < 4.78 is 5.13. The standard InChI is InChI=1S/C14H14ClOP.BH3/c1-16-13-9-7-12(8-10-13)11-17(15)14-5-3-2-4-6-14;/h2-10H,11H2,1H3;1H3. The Balaban J connectivity index is 0.00000162. The minimum absolute atomic E-state index is 0. The summed E-state index contributed by atoms with van der Waals surface area (Å²) in [4.78, 5) is 0. The molecule has 1 atom stereocenters. The van der Waals surface area contributed by atoms with E-state index in [-0.39, 0.29) is 8.41 Å². The Morgan fingerprint density at radius 2 is 1.61 bits per heavy atom. The maximum absolute atomic E-state index is 6.45. The van der Waals surface area contributed by atoms with E-state index < -0.39 is 7.27 Å². The summed E-state index contributed by atoms with van der Waals surface area (Å²) in [5.41, 5.74) is 1.25. The third kappa shape index (κ3) is 4.05. The van der Waals surface area contributed by atoms with Crippen LogP contribution in [0.3, 0.4) is 0 Å². The first-order valence-corrected chi connectivity index (χ1v) is 7.84. The fraction of sp³-hybridized carbons (Fsp3) is 0.143. The molecule has 0 saturated heterocycles. The second-order valence-corrected chi connectivity index (χ2v) is 6.49. The first-order valence-electron chi connectivity index (χ1n) is 5.41. The van der Waals surface area contributed by atoms with Gasteiger partial charge in [0, 0.05) is 13.4 Å². The SMILES string of the molecule is B.COc1ccc(CP(Cl)c2ccccc2)cc1. The molecule has 0 bridgehead atoms. The molecule has 0 saturated carbocycles.